The molecule has 0 spiro atoms. The van der Waals surface area contributed by atoms with E-state index < -0.39 is 5.97 Å². The largest absolute Gasteiger partial charge is 0.477 e. The summed E-state index contributed by atoms with van der Waals surface area (Å²) in [5.74, 6) is -1.02. The maximum atomic E-state index is 10.9. The summed E-state index contributed by atoms with van der Waals surface area (Å²) in [5, 5.41) is 23.3. The van der Waals surface area contributed by atoms with Gasteiger partial charge in [-0.1, -0.05) is 0 Å². The van der Waals surface area contributed by atoms with Gasteiger partial charge in [-0.05, 0) is 12.1 Å². The van der Waals surface area contributed by atoms with Crippen LogP contribution in [0.2, 0.25) is 0 Å². The van der Waals surface area contributed by atoms with Crippen LogP contribution >= 0.6 is 0 Å². The van der Waals surface area contributed by atoms with E-state index in [1.165, 1.54) is 10.7 Å². The molecule has 3 aromatic rings. The molecular formula is C10H8N6O2. The number of fused-ring (bicyclic) bond motifs is 1. The van der Waals surface area contributed by atoms with Crippen molar-refractivity contribution < 1.29 is 9.90 Å². The maximum absolute atomic E-state index is 10.9. The second-order valence-electron chi connectivity index (χ2n) is 3.73. The van der Waals surface area contributed by atoms with Gasteiger partial charge in [0.05, 0.1) is 5.69 Å². The van der Waals surface area contributed by atoms with E-state index in [0.717, 1.165) is 0 Å². The molecule has 3 heterocycles. The fourth-order valence-electron chi connectivity index (χ4n) is 1.69. The highest BCUT2D eigenvalue weighted by Crippen LogP contribution is 2.20. The molecule has 0 aliphatic carbocycles. The Kier molecular flexibility index (Phi) is 2.09. The molecule has 8 nitrogen and oxygen atoms in total. The molecule has 0 unspecified atom stereocenters. The molecule has 2 N–H and O–H groups in total. The van der Waals surface area contributed by atoms with Crippen molar-refractivity contribution in [2.24, 2.45) is 7.05 Å². The highest BCUT2D eigenvalue weighted by Gasteiger charge is 2.13. The molecule has 0 amide bonds. The Balaban J connectivity index is 2.13. The van der Waals surface area contributed by atoms with Crippen LogP contribution in [0.1, 0.15) is 10.5 Å². The second-order valence-corrected chi connectivity index (χ2v) is 3.73. The Morgan fingerprint density at radius 3 is 2.94 bits per heavy atom. The Hall–Kier alpha value is -2.77. The molecule has 8 heteroatoms. The first-order valence-electron chi connectivity index (χ1n) is 5.09. The molecule has 0 aliphatic heterocycles. The van der Waals surface area contributed by atoms with Crippen molar-refractivity contribution in [3.63, 3.8) is 0 Å². The smallest absolute Gasteiger partial charge is 0.354 e. The summed E-state index contributed by atoms with van der Waals surface area (Å²) >= 11 is 0. The van der Waals surface area contributed by atoms with E-state index in [4.69, 9.17) is 5.11 Å². The second kappa shape index (κ2) is 3.62. The maximum Gasteiger partial charge on any atom is 0.354 e. The lowest BCUT2D eigenvalue weighted by atomic mass is 10.2. The lowest BCUT2D eigenvalue weighted by Gasteiger charge is -1.94. The highest BCUT2D eigenvalue weighted by molar-refractivity contribution is 5.87. The number of nitrogens with one attached hydrogen (secondary N) is 1. The molecule has 3 aromatic heterocycles. The standard InChI is InChI=1S/C10H8N6O2/c1-16-8(10(17)18)3-6(14-16)5-2-7-9(11-4-5)13-15-12-7/h2-4H,1H3,(H,17,18)(H,11,12,13,15). The number of aromatic carboxylic acids is 1. The van der Waals surface area contributed by atoms with Crippen LogP contribution in [0.4, 0.5) is 0 Å². The number of nitrogens with zero attached hydrogens (tertiary/aromatic N) is 5. The molecule has 0 aliphatic rings. The van der Waals surface area contributed by atoms with Crippen molar-refractivity contribution in [2.45, 2.75) is 0 Å². The zero-order valence-corrected chi connectivity index (χ0v) is 9.32. The first kappa shape index (κ1) is 10.4. The summed E-state index contributed by atoms with van der Waals surface area (Å²) in [6.45, 7) is 0. The number of pyridine rings is 1. The van der Waals surface area contributed by atoms with Crippen LogP contribution in [-0.2, 0) is 7.05 Å². The molecule has 0 fully saturated rings. The summed E-state index contributed by atoms with van der Waals surface area (Å²) in [6, 6.07) is 3.24. The van der Waals surface area contributed by atoms with E-state index in [9.17, 15) is 4.79 Å². The van der Waals surface area contributed by atoms with Gasteiger partial charge >= 0.3 is 5.97 Å². The van der Waals surface area contributed by atoms with Crippen LogP contribution in [0.25, 0.3) is 22.4 Å². The molecule has 0 radical (unpaired) electrons. The predicted octanol–water partition coefficient (Wildman–Crippen LogP) is 0.452. The fourth-order valence-corrected chi connectivity index (χ4v) is 1.69. The number of aromatic nitrogens is 6. The first-order chi connectivity index (χ1) is 8.65. The lowest BCUT2D eigenvalue weighted by molar-refractivity contribution is 0.0685. The molecule has 0 bridgehead atoms. The summed E-state index contributed by atoms with van der Waals surface area (Å²) in [5.41, 5.74) is 2.46. The number of carbonyl (C=O) groups is 1. The van der Waals surface area contributed by atoms with Gasteiger partial charge in [0.15, 0.2) is 0 Å². The topological polar surface area (TPSA) is 110 Å². The molecule has 0 saturated heterocycles. The van der Waals surface area contributed by atoms with Crippen molar-refractivity contribution in [1.29, 1.82) is 0 Å². The van der Waals surface area contributed by atoms with Crippen LogP contribution in [0.3, 0.4) is 0 Å². The summed E-state index contributed by atoms with van der Waals surface area (Å²) in [7, 11) is 1.58. The minimum Gasteiger partial charge on any atom is -0.477 e. The third kappa shape index (κ3) is 1.51. The Morgan fingerprint density at radius 1 is 1.39 bits per heavy atom. The van der Waals surface area contributed by atoms with Crippen LogP contribution in [-0.4, -0.2) is 41.3 Å². The van der Waals surface area contributed by atoms with Gasteiger partial charge in [0.25, 0.3) is 0 Å². The van der Waals surface area contributed by atoms with Crippen LogP contribution < -0.4 is 0 Å². The van der Waals surface area contributed by atoms with Gasteiger partial charge in [0.2, 0.25) is 5.65 Å². The van der Waals surface area contributed by atoms with E-state index in [1.54, 1.807) is 19.3 Å². The van der Waals surface area contributed by atoms with Crippen molar-refractivity contribution in [3.8, 4) is 11.3 Å². The number of hydrogen-bond donors (Lipinski definition) is 2. The molecule has 0 aromatic carbocycles. The predicted molar refractivity (Wildman–Crippen MR) is 60.8 cm³/mol. The molecular weight excluding hydrogens is 236 g/mol. The third-order valence-electron chi connectivity index (χ3n) is 2.57. The van der Waals surface area contributed by atoms with E-state index in [2.05, 4.69) is 25.5 Å². The van der Waals surface area contributed by atoms with Gasteiger partial charge in [-0.2, -0.15) is 15.4 Å². The highest BCUT2D eigenvalue weighted by atomic mass is 16.4. The molecule has 0 saturated carbocycles. The van der Waals surface area contributed by atoms with E-state index in [1.807, 2.05) is 0 Å². The number of carboxylic acids is 1. The Morgan fingerprint density at radius 2 is 2.22 bits per heavy atom. The fraction of sp³-hybridized carbons (Fsp3) is 0.100. The Labute approximate surface area is 100 Å². The Bertz CT molecular complexity index is 744. The molecule has 3 rings (SSSR count). The number of aromatic amines is 1. The van der Waals surface area contributed by atoms with Crippen molar-refractivity contribution in [3.05, 3.63) is 24.0 Å². The number of aryl methyl sites for hydroxylation is 1. The van der Waals surface area contributed by atoms with Crippen LogP contribution in [0, 0.1) is 0 Å². The average Bonchev–Trinajstić information content (AvgIpc) is 2.93. The number of hydrogen-bond acceptors (Lipinski definition) is 5. The normalized spacial score (nSPS) is 10.9. The van der Waals surface area contributed by atoms with Gasteiger partial charge in [-0.15, -0.1) is 5.10 Å². The summed E-state index contributed by atoms with van der Waals surface area (Å²) in [4.78, 5) is 15.0. The zero-order chi connectivity index (χ0) is 12.7. The van der Waals surface area contributed by atoms with Crippen LogP contribution in [0.15, 0.2) is 18.3 Å². The minimum atomic E-state index is -1.02. The first-order valence-corrected chi connectivity index (χ1v) is 5.09. The van der Waals surface area contributed by atoms with Crippen molar-refractivity contribution in [1.82, 2.24) is 30.2 Å². The molecule has 0 atom stereocenters. The summed E-state index contributed by atoms with van der Waals surface area (Å²) in [6.07, 6.45) is 1.58. The monoisotopic (exact) mass is 244 g/mol. The molecule has 18 heavy (non-hydrogen) atoms. The van der Waals surface area contributed by atoms with Gasteiger partial charge in [0.1, 0.15) is 11.2 Å². The molecule has 90 valence electrons. The summed E-state index contributed by atoms with van der Waals surface area (Å²) < 4.78 is 1.31. The zero-order valence-electron chi connectivity index (χ0n) is 9.32. The van der Waals surface area contributed by atoms with Crippen LogP contribution in [0.5, 0.6) is 0 Å². The van der Waals surface area contributed by atoms with Crippen molar-refractivity contribution >= 4 is 17.1 Å². The minimum absolute atomic E-state index is 0.116. The van der Waals surface area contributed by atoms with Gasteiger partial charge < -0.3 is 5.11 Å². The number of H-pyrrole nitrogens is 1. The number of rotatable bonds is 2. The number of carboxylic acid groups (broad SMARTS) is 1. The lowest BCUT2D eigenvalue weighted by Crippen LogP contribution is -2.04. The van der Waals surface area contributed by atoms with E-state index in [0.29, 0.717) is 22.4 Å². The van der Waals surface area contributed by atoms with E-state index in [-0.39, 0.29) is 5.69 Å². The third-order valence-corrected chi connectivity index (χ3v) is 2.57. The quantitative estimate of drug-likeness (QED) is 0.677. The van der Waals surface area contributed by atoms with Crippen molar-refractivity contribution in [2.75, 3.05) is 0 Å². The van der Waals surface area contributed by atoms with Gasteiger partial charge in [-0.25, -0.2) is 9.78 Å². The van der Waals surface area contributed by atoms with Gasteiger partial charge in [0, 0.05) is 18.8 Å². The average molecular weight is 244 g/mol. The SMILES string of the molecule is Cn1nc(-c2cnc3n[nH]nc3c2)cc1C(=O)O. The van der Waals surface area contributed by atoms with Gasteiger partial charge in [-0.3, -0.25) is 4.68 Å². The van der Waals surface area contributed by atoms with E-state index >= 15 is 0 Å².